The number of nitrogens with zero attached hydrogens (tertiary/aromatic N) is 1. The van der Waals surface area contributed by atoms with E-state index in [0.29, 0.717) is 11.5 Å². The lowest BCUT2D eigenvalue weighted by atomic mass is 9.58. The third-order valence-electron chi connectivity index (χ3n) is 6.99. The van der Waals surface area contributed by atoms with Crippen LogP contribution >= 0.6 is 11.3 Å². The molecule has 26 heavy (non-hydrogen) atoms. The summed E-state index contributed by atoms with van der Waals surface area (Å²) in [5, 5.41) is 2.20. The Morgan fingerprint density at radius 2 is 2.15 bits per heavy atom. The molecule has 2 heterocycles. The van der Waals surface area contributed by atoms with E-state index in [1.807, 2.05) is 18.4 Å². The molecule has 0 spiro atoms. The summed E-state index contributed by atoms with van der Waals surface area (Å²) in [5.74, 6) is 1.85. The van der Waals surface area contributed by atoms with Crippen molar-refractivity contribution >= 4 is 11.3 Å². The van der Waals surface area contributed by atoms with Gasteiger partial charge in [-0.2, -0.15) is 0 Å². The molecular formula is C23H31NOS. The zero-order valence-corrected chi connectivity index (χ0v) is 17.1. The molecular weight excluding hydrogens is 338 g/mol. The minimum absolute atomic E-state index is 0.294. The van der Waals surface area contributed by atoms with Crippen molar-refractivity contribution in [3.8, 4) is 5.75 Å². The second kappa shape index (κ2) is 7.36. The second-order valence-electron chi connectivity index (χ2n) is 8.14. The quantitative estimate of drug-likeness (QED) is 0.709. The number of hydrogen-bond donors (Lipinski definition) is 0. The summed E-state index contributed by atoms with van der Waals surface area (Å²) >= 11 is 1.90. The van der Waals surface area contributed by atoms with Crippen LogP contribution in [-0.2, 0) is 18.3 Å². The number of thiophene rings is 1. The SMILES string of the molecule is CCC1C2CCc3c(OC)cccc3C2(C)CCN1CCc1cccs1. The Bertz CT molecular complexity index is 741. The molecule has 3 unspecified atom stereocenters. The van der Waals surface area contributed by atoms with E-state index in [2.05, 4.69) is 54.5 Å². The predicted molar refractivity (Wildman–Crippen MR) is 110 cm³/mol. The van der Waals surface area contributed by atoms with Gasteiger partial charge in [-0.05, 0) is 78.6 Å². The monoisotopic (exact) mass is 369 g/mol. The third kappa shape index (κ3) is 2.99. The van der Waals surface area contributed by atoms with Crippen molar-refractivity contribution in [2.24, 2.45) is 5.92 Å². The van der Waals surface area contributed by atoms with Crippen LogP contribution in [0.25, 0.3) is 0 Å². The zero-order valence-electron chi connectivity index (χ0n) is 16.3. The fourth-order valence-electron chi connectivity index (χ4n) is 5.63. The normalized spacial score (nSPS) is 28.4. The number of piperidine rings is 1. The number of rotatable bonds is 5. The predicted octanol–water partition coefficient (Wildman–Crippen LogP) is 5.30. The molecule has 3 atom stereocenters. The first-order chi connectivity index (χ1) is 12.7. The molecule has 2 nitrogen and oxygen atoms in total. The third-order valence-corrected chi connectivity index (χ3v) is 7.92. The lowest BCUT2D eigenvalue weighted by molar-refractivity contribution is 0.0212. The highest BCUT2D eigenvalue weighted by molar-refractivity contribution is 7.09. The van der Waals surface area contributed by atoms with Gasteiger partial charge in [0.05, 0.1) is 7.11 Å². The summed E-state index contributed by atoms with van der Waals surface area (Å²) in [6.45, 7) is 7.33. The van der Waals surface area contributed by atoms with Crippen molar-refractivity contribution in [1.82, 2.24) is 4.90 Å². The van der Waals surface area contributed by atoms with Crippen molar-refractivity contribution in [2.75, 3.05) is 20.2 Å². The highest BCUT2D eigenvalue weighted by atomic mass is 32.1. The Morgan fingerprint density at radius 1 is 1.27 bits per heavy atom. The van der Waals surface area contributed by atoms with E-state index in [1.165, 1.54) is 49.2 Å². The molecule has 1 saturated heterocycles. The first-order valence-electron chi connectivity index (χ1n) is 10.1. The van der Waals surface area contributed by atoms with Crippen LogP contribution in [0.15, 0.2) is 35.7 Å². The Kier molecular flexibility index (Phi) is 5.11. The number of methoxy groups -OCH3 is 1. The van der Waals surface area contributed by atoms with E-state index < -0.39 is 0 Å². The van der Waals surface area contributed by atoms with Crippen molar-refractivity contribution in [1.29, 1.82) is 0 Å². The summed E-state index contributed by atoms with van der Waals surface area (Å²) in [6.07, 6.45) is 6.16. The van der Waals surface area contributed by atoms with Gasteiger partial charge >= 0.3 is 0 Å². The van der Waals surface area contributed by atoms with Gasteiger partial charge in [0.25, 0.3) is 0 Å². The van der Waals surface area contributed by atoms with Crippen molar-refractivity contribution in [3.63, 3.8) is 0 Å². The minimum atomic E-state index is 0.294. The molecule has 0 amide bonds. The van der Waals surface area contributed by atoms with Gasteiger partial charge in [-0.15, -0.1) is 11.3 Å². The van der Waals surface area contributed by atoms with Crippen LogP contribution in [0, 0.1) is 5.92 Å². The van der Waals surface area contributed by atoms with Crippen molar-refractivity contribution in [2.45, 2.75) is 57.4 Å². The molecule has 0 N–H and O–H groups in total. The smallest absolute Gasteiger partial charge is 0.122 e. The molecule has 2 aliphatic rings. The van der Waals surface area contributed by atoms with E-state index in [0.717, 1.165) is 18.1 Å². The molecule has 1 aliphatic heterocycles. The van der Waals surface area contributed by atoms with E-state index >= 15 is 0 Å². The number of ether oxygens (including phenoxy) is 1. The maximum Gasteiger partial charge on any atom is 0.122 e. The standard InChI is InChI=1S/C23H31NOS/c1-4-21-20-11-10-18-19(8-5-9-22(18)25-3)23(20,2)13-15-24(21)14-12-17-7-6-16-26-17/h5-9,16,20-21H,4,10-15H2,1-3H3. The molecule has 0 saturated carbocycles. The summed E-state index contributed by atoms with van der Waals surface area (Å²) in [7, 11) is 1.81. The van der Waals surface area contributed by atoms with Crippen molar-refractivity contribution < 1.29 is 4.74 Å². The summed E-state index contributed by atoms with van der Waals surface area (Å²) in [5.41, 5.74) is 3.32. The molecule has 1 fully saturated rings. The highest BCUT2D eigenvalue weighted by Gasteiger charge is 2.48. The van der Waals surface area contributed by atoms with E-state index in [9.17, 15) is 0 Å². The second-order valence-corrected chi connectivity index (χ2v) is 9.17. The van der Waals surface area contributed by atoms with E-state index in [-0.39, 0.29) is 0 Å². The van der Waals surface area contributed by atoms with Crippen LogP contribution in [0.1, 0.15) is 49.1 Å². The van der Waals surface area contributed by atoms with Gasteiger partial charge in [0.15, 0.2) is 0 Å². The van der Waals surface area contributed by atoms with Crippen LogP contribution < -0.4 is 4.74 Å². The average molecular weight is 370 g/mol. The average Bonchev–Trinajstić information content (AvgIpc) is 3.19. The number of hydrogen-bond acceptors (Lipinski definition) is 3. The Balaban J connectivity index is 1.58. The molecule has 3 heteroatoms. The van der Waals surface area contributed by atoms with Gasteiger partial charge < -0.3 is 4.74 Å². The van der Waals surface area contributed by atoms with Crippen LogP contribution in [0.2, 0.25) is 0 Å². The molecule has 1 aliphatic carbocycles. The largest absolute Gasteiger partial charge is 0.496 e. The maximum atomic E-state index is 5.68. The molecule has 1 aromatic heterocycles. The molecule has 4 rings (SSSR count). The van der Waals surface area contributed by atoms with Gasteiger partial charge in [-0.25, -0.2) is 0 Å². The lowest BCUT2D eigenvalue weighted by Crippen LogP contribution is -2.56. The Hall–Kier alpha value is -1.32. The maximum absolute atomic E-state index is 5.68. The summed E-state index contributed by atoms with van der Waals surface area (Å²) in [6, 6.07) is 11.9. The van der Waals surface area contributed by atoms with Gasteiger partial charge in [-0.1, -0.05) is 32.0 Å². The van der Waals surface area contributed by atoms with E-state index in [1.54, 1.807) is 5.56 Å². The number of benzene rings is 1. The first kappa shape index (κ1) is 18.1. The first-order valence-corrected chi connectivity index (χ1v) is 11.0. The van der Waals surface area contributed by atoms with Crippen LogP contribution in [0.4, 0.5) is 0 Å². The van der Waals surface area contributed by atoms with Gasteiger partial charge in [0.2, 0.25) is 0 Å². The van der Waals surface area contributed by atoms with Crippen LogP contribution in [0.3, 0.4) is 0 Å². The van der Waals surface area contributed by atoms with Gasteiger partial charge in [0, 0.05) is 17.5 Å². The molecule has 140 valence electrons. The zero-order chi connectivity index (χ0) is 18.1. The molecule has 0 bridgehead atoms. The summed E-state index contributed by atoms with van der Waals surface area (Å²) < 4.78 is 5.68. The lowest BCUT2D eigenvalue weighted by Gasteiger charge is -2.54. The van der Waals surface area contributed by atoms with Crippen LogP contribution in [-0.4, -0.2) is 31.1 Å². The van der Waals surface area contributed by atoms with E-state index in [4.69, 9.17) is 4.74 Å². The number of likely N-dealkylation sites (tertiary alicyclic amines) is 1. The van der Waals surface area contributed by atoms with Gasteiger partial charge in [-0.3, -0.25) is 4.90 Å². The molecule has 1 aromatic carbocycles. The topological polar surface area (TPSA) is 12.5 Å². The fourth-order valence-corrected chi connectivity index (χ4v) is 6.33. The van der Waals surface area contributed by atoms with Gasteiger partial charge in [0.1, 0.15) is 5.75 Å². The number of fused-ring (bicyclic) bond motifs is 3. The minimum Gasteiger partial charge on any atom is -0.496 e. The van der Waals surface area contributed by atoms with Crippen LogP contribution in [0.5, 0.6) is 5.75 Å². The molecule has 2 aromatic rings. The molecule has 0 radical (unpaired) electrons. The summed E-state index contributed by atoms with van der Waals surface area (Å²) in [4.78, 5) is 4.31. The van der Waals surface area contributed by atoms with Crippen molar-refractivity contribution in [3.05, 3.63) is 51.7 Å². The Morgan fingerprint density at radius 3 is 2.88 bits per heavy atom. The Labute approximate surface area is 162 Å². The fraction of sp³-hybridized carbons (Fsp3) is 0.565. The highest BCUT2D eigenvalue weighted by Crippen LogP contribution is 2.51.